The van der Waals surface area contributed by atoms with Gasteiger partial charge >= 0.3 is 0 Å². The van der Waals surface area contributed by atoms with Crippen LogP contribution in [0.4, 0.5) is 5.82 Å². The third kappa shape index (κ3) is 3.17. The van der Waals surface area contributed by atoms with Gasteiger partial charge in [0.1, 0.15) is 11.6 Å². The minimum Gasteiger partial charge on any atom is -0.365 e. The minimum atomic E-state index is -0.110. The molecule has 0 aromatic carbocycles. The Kier molecular flexibility index (Phi) is 3.58. The van der Waals surface area contributed by atoms with Crippen molar-refractivity contribution in [1.82, 2.24) is 9.97 Å². The molecule has 17 heavy (non-hydrogen) atoms. The van der Waals surface area contributed by atoms with E-state index in [9.17, 15) is 4.79 Å². The van der Waals surface area contributed by atoms with Crippen molar-refractivity contribution >= 4 is 17.2 Å². The standard InChI is InChI=1S/C12H15N3OS/c1-3-10-14-11(6-12(16)15-10)13-7-9-5-4-8(2)17-9/h4-6H,3,7H2,1-2H3,(H2,13,14,15,16). The van der Waals surface area contributed by atoms with Crippen LogP contribution in [0.1, 0.15) is 22.5 Å². The molecule has 4 nitrogen and oxygen atoms in total. The monoisotopic (exact) mass is 249 g/mol. The van der Waals surface area contributed by atoms with Crippen LogP contribution in [0.2, 0.25) is 0 Å². The van der Waals surface area contributed by atoms with Crippen molar-refractivity contribution in [2.75, 3.05) is 5.32 Å². The van der Waals surface area contributed by atoms with Crippen LogP contribution in [0.5, 0.6) is 0 Å². The lowest BCUT2D eigenvalue weighted by Crippen LogP contribution is -2.12. The first-order chi connectivity index (χ1) is 8.17. The van der Waals surface area contributed by atoms with Crippen LogP contribution in [0.15, 0.2) is 23.0 Å². The summed E-state index contributed by atoms with van der Waals surface area (Å²) in [4.78, 5) is 20.9. The normalized spacial score (nSPS) is 10.5. The van der Waals surface area contributed by atoms with Gasteiger partial charge in [0.05, 0.1) is 6.54 Å². The average molecular weight is 249 g/mol. The van der Waals surface area contributed by atoms with Gasteiger partial charge in [0.15, 0.2) is 0 Å². The van der Waals surface area contributed by atoms with Crippen LogP contribution < -0.4 is 10.9 Å². The fourth-order valence-electron chi connectivity index (χ4n) is 1.52. The van der Waals surface area contributed by atoms with Gasteiger partial charge in [0.2, 0.25) is 0 Å². The SMILES string of the molecule is CCc1nc(NCc2ccc(C)s2)cc(=O)[nH]1. The predicted molar refractivity (Wildman–Crippen MR) is 70.6 cm³/mol. The van der Waals surface area contributed by atoms with Gasteiger partial charge in [-0.05, 0) is 19.1 Å². The lowest BCUT2D eigenvalue weighted by molar-refractivity contribution is 0.916. The van der Waals surface area contributed by atoms with E-state index in [2.05, 4.69) is 34.3 Å². The minimum absolute atomic E-state index is 0.110. The fourth-order valence-corrected chi connectivity index (χ4v) is 2.35. The summed E-state index contributed by atoms with van der Waals surface area (Å²) in [5, 5.41) is 3.17. The van der Waals surface area contributed by atoms with Gasteiger partial charge in [0, 0.05) is 22.2 Å². The molecule has 0 aliphatic rings. The van der Waals surface area contributed by atoms with Crippen molar-refractivity contribution in [1.29, 1.82) is 0 Å². The summed E-state index contributed by atoms with van der Waals surface area (Å²) in [7, 11) is 0. The van der Waals surface area contributed by atoms with Gasteiger partial charge in [-0.25, -0.2) is 4.98 Å². The number of anilines is 1. The van der Waals surface area contributed by atoms with Crippen LogP contribution >= 0.6 is 11.3 Å². The third-order valence-corrected chi connectivity index (χ3v) is 3.37. The first-order valence-corrected chi connectivity index (χ1v) is 6.38. The lowest BCUT2D eigenvalue weighted by atomic mass is 10.4. The number of aromatic amines is 1. The molecule has 0 radical (unpaired) electrons. The molecule has 0 unspecified atom stereocenters. The lowest BCUT2D eigenvalue weighted by Gasteiger charge is -2.04. The maximum Gasteiger partial charge on any atom is 0.252 e. The van der Waals surface area contributed by atoms with Crippen molar-refractivity contribution in [3.05, 3.63) is 44.1 Å². The summed E-state index contributed by atoms with van der Waals surface area (Å²) in [6.45, 7) is 4.75. The molecule has 0 saturated heterocycles. The molecule has 2 aromatic heterocycles. The van der Waals surface area contributed by atoms with Crippen molar-refractivity contribution in [2.24, 2.45) is 0 Å². The molecule has 0 aliphatic carbocycles. The van der Waals surface area contributed by atoms with E-state index in [-0.39, 0.29) is 5.56 Å². The highest BCUT2D eigenvalue weighted by atomic mass is 32.1. The van der Waals surface area contributed by atoms with Gasteiger partial charge in [-0.3, -0.25) is 4.79 Å². The second-order valence-corrected chi connectivity index (χ2v) is 5.17. The van der Waals surface area contributed by atoms with Crippen LogP contribution in [0.3, 0.4) is 0 Å². The summed E-state index contributed by atoms with van der Waals surface area (Å²) < 4.78 is 0. The summed E-state index contributed by atoms with van der Waals surface area (Å²) in [5.41, 5.74) is -0.110. The highest BCUT2D eigenvalue weighted by Gasteiger charge is 2.01. The van der Waals surface area contributed by atoms with Crippen LogP contribution in [0.25, 0.3) is 0 Å². The molecule has 2 heterocycles. The molecule has 0 fully saturated rings. The number of hydrogen-bond acceptors (Lipinski definition) is 4. The number of aromatic nitrogens is 2. The second kappa shape index (κ2) is 5.14. The summed E-state index contributed by atoms with van der Waals surface area (Å²) in [6.07, 6.45) is 0.725. The molecule has 90 valence electrons. The van der Waals surface area contributed by atoms with Crippen molar-refractivity contribution in [3.8, 4) is 0 Å². The fraction of sp³-hybridized carbons (Fsp3) is 0.333. The molecular formula is C12H15N3OS. The van der Waals surface area contributed by atoms with E-state index in [4.69, 9.17) is 0 Å². The maximum absolute atomic E-state index is 11.4. The summed E-state index contributed by atoms with van der Waals surface area (Å²) in [6, 6.07) is 5.66. The second-order valence-electron chi connectivity index (χ2n) is 3.80. The Hall–Kier alpha value is -1.62. The Morgan fingerprint density at radius 1 is 1.47 bits per heavy atom. The van der Waals surface area contributed by atoms with Gasteiger partial charge in [-0.15, -0.1) is 11.3 Å². The average Bonchev–Trinajstić information content (AvgIpc) is 2.72. The van der Waals surface area contributed by atoms with Crippen molar-refractivity contribution < 1.29 is 0 Å². The molecule has 0 bridgehead atoms. The number of hydrogen-bond donors (Lipinski definition) is 2. The van der Waals surface area contributed by atoms with Gasteiger partial charge in [-0.2, -0.15) is 0 Å². The van der Waals surface area contributed by atoms with Gasteiger partial charge < -0.3 is 10.3 Å². The van der Waals surface area contributed by atoms with E-state index in [1.807, 2.05) is 6.92 Å². The smallest absolute Gasteiger partial charge is 0.252 e. The zero-order chi connectivity index (χ0) is 12.3. The maximum atomic E-state index is 11.4. The number of aryl methyl sites for hydroxylation is 2. The Labute approximate surface area is 104 Å². The number of rotatable bonds is 4. The number of H-pyrrole nitrogens is 1. The first kappa shape index (κ1) is 11.9. The Morgan fingerprint density at radius 2 is 2.29 bits per heavy atom. The van der Waals surface area contributed by atoms with Crippen molar-refractivity contribution in [3.63, 3.8) is 0 Å². The third-order valence-electron chi connectivity index (χ3n) is 2.37. The van der Waals surface area contributed by atoms with Gasteiger partial charge in [-0.1, -0.05) is 6.92 Å². The Balaban J connectivity index is 2.08. The molecule has 2 aromatic rings. The van der Waals surface area contributed by atoms with Crippen LogP contribution in [-0.2, 0) is 13.0 Å². The first-order valence-electron chi connectivity index (χ1n) is 5.57. The largest absolute Gasteiger partial charge is 0.365 e. The quantitative estimate of drug-likeness (QED) is 0.874. The summed E-state index contributed by atoms with van der Waals surface area (Å²) in [5.74, 6) is 1.35. The van der Waals surface area contributed by atoms with Crippen LogP contribution in [0, 0.1) is 6.92 Å². The Morgan fingerprint density at radius 3 is 2.94 bits per heavy atom. The Bertz CT molecular complexity index is 559. The molecule has 0 atom stereocenters. The van der Waals surface area contributed by atoms with E-state index >= 15 is 0 Å². The molecule has 2 rings (SSSR count). The van der Waals surface area contributed by atoms with Crippen LogP contribution in [-0.4, -0.2) is 9.97 Å². The van der Waals surface area contributed by atoms with E-state index in [0.717, 1.165) is 6.42 Å². The highest BCUT2D eigenvalue weighted by molar-refractivity contribution is 7.11. The number of nitrogens with one attached hydrogen (secondary N) is 2. The molecule has 2 N–H and O–H groups in total. The zero-order valence-electron chi connectivity index (χ0n) is 9.91. The molecule has 0 spiro atoms. The molecule has 0 amide bonds. The molecule has 0 saturated carbocycles. The van der Waals surface area contributed by atoms with E-state index in [1.165, 1.54) is 15.8 Å². The van der Waals surface area contributed by atoms with Crippen molar-refractivity contribution in [2.45, 2.75) is 26.8 Å². The van der Waals surface area contributed by atoms with Gasteiger partial charge in [0.25, 0.3) is 5.56 Å². The predicted octanol–water partition coefficient (Wildman–Crippen LogP) is 2.31. The van der Waals surface area contributed by atoms with E-state index in [0.29, 0.717) is 18.2 Å². The van der Waals surface area contributed by atoms with E-state index < -0.39 is 0 Å². The topological polar surface area (TPSA) is 57.8 Å². The van der Waals surface area contributed by atoms with E-state index in [1.54, 1.807) is 11.3 Å². The number of nitrogens with zero attached hydrogens (tertiary/aromatic N) is 1. The molecule has 5 heteroatoms. The number of thiophene rings is 1. The molecule has 0 aliphatic heterocycles. The zero-order valence-corrected chi connectivity index (χ0v) is 10.7. The highest BCUT2D eigenvalue weighted by Crippen LogP contribution is 2.15. The summed E-state index contributed by atoms with van der Waals surface area (Å²) >= 11 is 1.74. The molecular weight excluding hydrogens is 234 g/mol.